The van der Waals surface area contributed by atoms with E-state index in [4.69, 9.17) is 0 Å². The fourth-order valence-corrected chi connectivity index (χ4v) is 3.86. The van der Waals surface area contributed by atoms with Crippen LogP contribution in [-0.2, 0) is 0 Å². The molecule has 0 saturated heterocycles. The molecule has 0 aromatic carbocycles. The summed E-state index contributed by atoms with van der Waals surface area (Å²) in [6.45, 7) is 10.9. The lowest BCUT2D eigenvalue weighted by Crippen LogP contribution is -2.45. The third-order valence-electron chi connectivity index (χ3n) is 3.46. The van der Waals surface area contributed by atoms with Gasteiger partial charge in [-0.2, -0.15) is 0 Å². The van der Waals surface area contributed by atoms with Gasteiger partial charge in [0.1, 0.15) is 0 Å². The van der Waals surface area contributed by atoms with E-state index in [0.29, 0.717) is 0 Å². The molecule has 0 heterocycles. The van der Waals surface area contributed by atoms with Crippen LogP contribution in [0, 0.1) is 22.7 Å². The molecule has 0 radical (unpaired) electrons. The summed E-state index contributed by atoms with van der Waals surface area (Å²) in [5, 5.41) is 10.7. The molecule has 1 aliphatic rings. The maximum atomic E-state index is 10.7. The van der Waals surface area contributed by atoms with Crippen LogP contribution >= 0.6 is 0 Å². The molecule has 0 aliphatic heterocycles. The van der Waals surface area contributed by atoms with Crippen molar-refractivity contribution in [3.8, 4) is 11.8 Å². The van der Waals surface area contributed by atoms with Crippen LogP contribution in [0.4, 0.5) is 0 Å². The normalized spacial score (nSPS) is 25.6. The van der Waals surface area contributed by atoms with E-state index in [9.17, 15) is 5.11 Å². The molecule has 92 valence electrons. The molecule has 1 N–H and O–H groups in total. The summed E-state index contributed by atoms with van der Waals surface area (Å²) in [5.41, 5.74) is -0.0125. The smallest absolute Gasteiger partial charge is 0.0667 e. The molecule has 0 bridgehead atoms. The van der Waals surface area contributed by atoms with Gasteiger partial charge in [-0.25, -0.2) is 0 Å². The Morgan fingerprint density at radius 3 is 1.94 bits per heavy atom. The lowest BCUT2D eigenvalue weighted by Gasteiger charge is -2.49. The van der Waals surface area contributed by atoms with Gasteiger partial charge in [-0.1, -0.05) is 27.7 Å². The predicted molar refractivity (Wildman–Crippen MR) is 69.0 cm³/mol. The van der Waals surface area contributed by atoms with Crippen molar-refractivity contribution in [2.45, 2.75) is 72.3 Å². The van der Waals surface area contributed by atoms with Gasteiger partial charge >= 0.3 is 0 Å². The second kappa shape index (κ2) is 4.41. The Labute approximate surface area is 101 Å². The van der Waals surface area contributed by atoms with E-state index in [0.717, 1.165) is 25.7 Å². The summed E-state index contributed by atoms with van der Waals surface area (Å²) in [5.74, 6) is 5.97. The Morgan fingerprint density at radius 2 is 1.50 bits per heavy atom. The summed E-state index contributed by atoms with van der Waals surface area (Å²) in [6.07, 6.45) is 4.66. The first-order chi connectivity index (χ1) is 7.18. The van der Waals surface area contributed by atoms with Gasteiger partial charge in [0.2, 0.25) is 0 Å². The van der Waals surface area contributed by atoms with Crippen molar-refractivity contribution in [1.29, 1.82) is 0 Å². The molecule has 0 amide bonds. The molecule has 1 heteroatoms. The van der Waals surface area contributed by atoms with Crippen molar-refractivity contribution in [3.63, 3.8) is 0 Å². The highest BCUT2D eigenvalue weighted by atomic mass is 16.3. The maximum absolute atomic E-state index is 10.7. The topological polar surface area (TPSA) is 20.2 Å². The van der Waals surface area contributed by atoms with Crippen LogP contribution in [0.5, 0.6) is 0 Å². The molecule has 0 unspecified atom stereocenters. The van der Waals surface area contributed by atoms with Crippen molar-refractivity contribution >= 4 is 0 Å². The molecular weight excluding hydrogens is 196 g/mol. The fraction of sp³-hybridized carbons (Fsp3) is 0.867. The first kappa shape index (κ1) is 13.6. The SMILES string of the molecule is CC#CCCC1(O)CC(C)(C)CC(C)(C)C1. The van der Waals surface area contributed by atoms with Gasteiger partial charge in [0.05, 0.1) is 5.60 Å². The summed E-state index contributed by atoms with van der Waals surface area (Å²) >= 11 is 0. The molecule has 0 spiro atoms. The second-order valence-corrected chi connectivity index (χ2v) is 7.01. The van der Waals surface area contributed by atoms with E-state index in [1.165, 1.54) is 6.42 Å². The minimum atomic E-state index is -0.505. The number of hydrogen-bond acceptors (Lipinski definition) is 1. The molecule has 1 aliphatic carbocycles. The summed E-state index contributed by atoms with van der Waals surface area (Å²) in [4.78, 5) is 0. The average Bonchev–Trinajstić information content (AvgIpc) is 1.96. The molecule has 1 saturated carbocycles. The zero-order valence-electron chi connectivity index (χ0n) is 11.5. The van der Waals surface area contributed by atoms with Crippen LogP contribution in [0.3, 0.4) is 0 Å². The van der Waals surface area contributed by atoms with Gasteiger partial charge in [0, 0.05) is 6.42 Å². The highest BCUT2D eigenvalue weighted by Gasteiger charge is 2.45. The second-order valence-electron chi connectivity index (χ2n) is 7.01. The molecular formula is C15H26O. The van der Waals surface area contributed by atoms with Gasteiger partial charge in [0.25, 0.3) is 0 Å². The van der Waals surface area contributed by atoms with E-state index in [1.54, 1.807) is 0 Å². The first-order valence-electron chi connectivity index (χ1n) is 6.30. The van der Waals surface area contributed by atoms with Gasteiger partial charge in [-0.05, 0) is 43.4 Å². The molecule has 0 atom stereocenters. The van der Waals surface area contributed by atoms with Crippen molar-refractivity contribution in [3.05, 3.63) is 0 Å². The predicted octanol–water partition coefficient (Wildman–Crippen LogP) is 3.76. The minimum Gasteiger partial charge on any atom is -0.390 e. The molecule has 1 fully saturated rings. The van der Waals surface area contributed by atoms with Crippen LogP contribution in [0.25, 0.3) is 0 Å². The maximum Gasteiger partial charge on any atom is 0.0667 e. The Hall–Kier alpha value is -0.480. The Bertz CT molecular complexity index is 285. The summed E-state index contributed by atoms with van der Waals surface area (Å²) < 4.78 is 0. The summed E-state index contributed by atoms with van der Waals surface area (Å²) in [7, 11) is 0. The number of hydrogen-bond donors (Lipinski definition) is 1. The standard InChI is InChI=1S/C15H26O/c1-6-7-8-9-15(16)11-13(2,3)10-14(4,5)12-15/h16H,8-12H2,1-5H3. The molecule has 16 heavy (non-hydrogen) atoms. The van der Waals surface area contributed by atoms with Crippen molar-refractivity contribution < 1.29 is 5.11 Å². The van der Waals surface area contributed by atoms with Crippen LogP contribution in [0.1, 0.15) is 66.7 Å². The van der Waals surface area contributed by atoms with E-state index in [-0.39, 0.29) is 10.8 Å². The lowest BCUT2D eigenvalue weighted by atomic mass is 9.59. The van der Waals surface area contributed by atoms with Crippen molar-refractivity contribution in [1.82, 2.24) is 0 Å². The summed E-state index contributed by atoms with van der Waals surface area (Å²) in [6, 6.07) is 0. The Balaban J connectivity index is 2.74. The van der Waals surface area contributed by atoms with Crippen molar-refractivity contribution in [2.24, 2.45) is 10.8 Å². The third kappa shape index (κ3) is 3.83. The van der Waals surface area contributed by atoms with Gasteiger partial charge in [0.15, 0.2) is 0 Å². The third-order valence-corrected chi connectivity index (χ3v) is 3.46. The van der Waals surface area contributed by atoms with Crippen LogP contribution in [0.2, 0.25) is 0 Å². The highest BCUT2D eigenvalue weighted by Crippen LogP contribution is 2.51. The zero-order valence-corrected chi connectivity index (χ0v) is 11.5. The fourth-order valence-electron chi connectivity index (χ4n) is 3.86. The van der Waals surface area contributed by atoms with Crippen LogP contribution < -0.4 is 0 Å². The van der Waals surface area contributed by atoms with Crippen molar-refractivity contribution in [2.75, 3.05) is 0 Å². The quantitative estimate of drug-likeness (QED) is 0.705. The average molecular weight is 222 g/mol. The zero-order chi connectivity index (χ0) is 12.4. The van der Waals surface area contributed by atoms with E-state index >= 15 is 0 Å². The van der Waals surface area contributed by atoms with Gasteiger partial charge in [-0.3, -0.25) is 0 Å². The molecule has 0 aromatic heterocycles. The monoisotopic (exact) mass is 222 g/mol. The van der Waals surface area contributed by atoms with E-state index < -0.39 is 5.60 Å². The Kier molecular flexibility index (Phi) is 3.75. The van der Waals surface area contributed by atoms with Crippen LogP contribution in [-0.4, -0.2) is 10.7 Å². The van der Waals surface area contributed by atoms with Gasteiger partial charge in [-0.15, -0.1) is 11.8 Å². The van der Waals surface area contributed by atoms with Gasteiger partial charge < -0.3 is 5.11 Å². The largest absolute Gasteiger partial charge is 0.390 e. The first-order valence-corrected chi connectivity index (χ1v) is 6.30. The lowest BCUT2D eigenvalue weighted by molar-refractivity contribution is -0.0895. The number of rotatable bonds is 2. The Morgan fingerprint density at radius 1 is 1.00 bits per heavy atom. The van der Waals surface area contributed by atoms with Crippen LogP contribution in [0.15, 0.2) is 0 Å². The molecule has 1 nitrogen and oxygen atoms in total. The van der Waals surface area contributed by atoms with E-state index in [2.05, 4.69) is 39.5 Å². The molecule has 1 rings (SSSR count). The van der Waals surface area contributed by atoms with E-state index in [1.807, 2.05) is 6.92 Å². The molecule has 0 aromatic rings. The number of aliphatic hydroxyl groups is 1. The highest BCUT2D eigenvalue weighted by molar-refractivity contribution is 5.02. The minimum absolute atomic E-state index is 0.246.